The number of hydrogen-bond acceptors (Lipinski definition) is 5. The minimum atomic E-state index is -0.466. The Bertz CT molecular complexity index is 881. The van der Waals surface area contributed by atoms with Gasteiger partial charge in [0.05, 0.1) is 6.54 Å². The summed E-state index contributed by atoms with van der Waals surface area (Å²) < 4.78 is 16.8. The third-order valence-corrected chi connectivity index (χ3v) is 5.23. The molecule has 142 valence electrons. The smallest absolute Gasteiger partial charge is 0.245 e. The second-order valence-corrected chi connectivity index (χ2v) is 7.45. The van der Waals surface area contributed by atoms with Crippen LogP contribution in [0.5, 0.6) is 11.5 Å². The lowest BCUT2D eigenvalue weighted by molar-refractivity contribution is -0.141. The molecule has 2 amide bonds. The van der Waals surface area contributed by atoms with Crippen molar-refractivity contribution < 1.29 is 23.5 Å². The number of carbonyl (C=O) groups excluding carboxylic acids is 2. The molecule has 1 saturated heterocycles. The molecule has 27 heavy (non-hydrogen) atoms. The first kappa shape index (κ1) is 17.9. The minimum absolute atomic E-state index is 0.0137. The van der Waals surface area contributed by atoms with E-state index in [9.17, 15) is 9.59 Å². The van der Waals surface area contributed by atoms with Crippen LogP contribution in [-0.2, 0) is 22.7 Å². The number of likely N-dealkylation sites (tertiary alicyclic amines) is 1. The van der Waals surface area contributed by atoms with Gasteiger partial charge in [0.15, 0.2) is 16.2 Å². The first-order chi connectivity index (χ1) is 13.0. The second-order valence-electron chi connectivity index (χ2n) is 6.66. The summed E-state index contributed by atoms with van der Waals surface area (Å²) in [6, 6.07) is 8.73. The summed E-state index contributed by atoms with van der Waals surface area (Å²) in [6.07, 6.45) is 0.898. The first-order valence-corrected chi connectivity index (χ1v) is 9.48. The number of halogens is 1. The zero-order valence-corrected chi connectivity index (χ0v) is 16.4. The van der Waals surface area contributed by atoms with Crippen LogP contribution in [0.3, 0.4) is 0 Å². The molecular weight excluding hydrogens is 416 g/mol. The Hall–Kier alpha value is -2.48. The maximum atomic E-state index is 12.9. The van der Waals surface area contributed by atoms with E-state index >= 15 is 0 Å². The monoisotopic (exact) mass is 434 g/mol. The molecule has 0 bridgehead atoms. The van der Waals surface area contributed by atoms with Crippen molar-refractivity contribution in [3.05, 3.63) is 46.3 Å². The molecule has 0 aliphatic carbocycles. The molecule has 7 nitrogen and oxygen atoms in total. The highest BCUT2D eigenvalue weighted by atomic mass is 79.9. The molecule has 0 N–H and O–H groups in total. The van der Waals surface area contributed by atoms with Crippen LogP contribution in [0.2, 0.25) is 0 Å². The topological polar surface area (TPSA) is 72.2 Å². The molecule has 2 aromatic rings. The van der Waals surface area contributed by atoms with Crippen LogP contribution in [0.4, 0.5) is 0 Å². The molecule has 8 heteroatoms. The highest BCUT2D eigenvalue weighted by molar-refractivity contribution is 9.10. The molecule has 0 saturated carbocycles. The highest BCUT2D eigenvalue weighted by Gasteiger charge is 2.37. The number of furan rings is 1. The molecule has 0 radical (unpaired) electrons. The number of hydrogen-bond donors (Lipinski definition) is 0. The van der Waals surface area contributed by atoms with Gasteiger partial charge in [-0.25, -0.2) is 0 Å². The summed E-state index contributed by atoms with van der Waals surface area (Å²) in [7, 11) is 1.72. The molecule has 1 aromatic carbocycles. The fourth-order valence-electron chi connectivity index (χ4n) is 3.43. The molecule has 1 aromatic heterocycles. The predicted molar refractivity (Wildman–Crippen MR) is 99.0 cm³/mol. The zero-order chi connectivity index (χ0) is 19.0. The van der Waals surface area contributed by atoms with E-state index in [0.29, 0.717) is 47.9 Å². The van der Waals surface area contributed by atoms with E-state index in [-0.39, 0.29) is 18.6 Å². The molecule has 4 rings (SSSR count). The van der Waals surface area contributed by atoms with Gasteiger partial charge in [0.2, 0.25) is 18.6 Å². The fourth-order valence-corrected chi connectivity index (χ4v) is 3.77. The lowest BCUT2D eigenvalue weighted by atomic mass is 10.1. The minimum Gasteiger partial charge on any atom is -0.454 e. The molecule has 2 aliphatic heterocycles. The van der Waals surface area contributed by atoms with Gasteiger partial charge in [-0.05, 0) is 52.2 Å². The van der Waals surface area contributed by atoms with Crippen molar-refractivity contribution in [1.29, 1.82) is 0 Å². The quantitative estimate of drug-likeness (QED) is 0.723. The summed E-state index contributed by atoms with van der Waals surface area (Å²) in [5.41, 5.74) is 0.907. The van der Waals surface area contributed by atoms with E-state index in [0.717, 1.165) is 5.56 Å². The van der Waals surface area contributed by atoms with Gasteiger partial charge in [0.25, 0.3) is 0 Å². The Balaban J connectivity index is 1.46. The molecule has 1 fully saturated rings. The lowest BCUT2D eigenvalue weighted by Gasteiger charge is -2.28. The lowest BCUT2D eigenvalue weighted by Crippen LogP contribution is -2.44. The largest absolute Gasteiger partial charge is 0.454 e. The average Bonchev–Trinajstić information content (AvgIpc) is 3.36. The highest BCUT2D eigenvalue weighted by Crippen LogP contribution is 2.33. The van der Waals surface area contributed by atoms with Crippen molar-refractivity contribution in [3.63, 3.8) is 0 Å². The van der Waals surface area contributed by atoms with E-state index in [2.05, 4.69) is 15.9 Å². The second kappa shape index (κ2) is 7.26. The Morgan fingerprint density at radius 1 is 1.26 bits per heavy atom. The van der Waals surface area contributed by atoms with Gasteiger partial charge in [-0.15, -0.1) is 0 Å². The molecular formula is C19H19BrN2O5. The standard InChI is InChI=1S/C19H19BrN2O5/c1-21(10-13-3-6-17(20)27-13)19(24)14-4-7-18(23)22(14)9-12-2-5-15-16(8-12)26-11-25-15/h2-3,5-6,8,14H,4,7,9-11H2,1H3. The SMILES string of the molecule is CN(Cc1ccc(Br)o1)C(=O)C1CCC(=O)N1Cc1ccc2c(c1)OCO2. The van der Waals surface area contributed by atoms with Crippen LogP contribution < -0.4 is 9.47 Å². The maximum Gasteiger partial charge on any atom is 0.245 e. The number of nitrogens with zero attached hydrogens (tertiary/aromatic N) is 2. The fraction of sp³-hybridized carbons (Fsp3) is 0.368. The Morgan fingerprint density at radius 2 is 2.07 bits per heavy atom. The van der Waals surface area contributed by atoms with E-state index in [1.54, 1.807) is 22.9 Å². The Labute approximate surface area is 164 Å². The van der Waals surface area contributed by atoms with Gasteiger partial charge in [0, 0.05) is 20.0 Å². The van der Waals surface area contributed by atoms with Gasteiger partial charge in [0.1, 0.15) is 11.8 Å². The zero-order valence-electron chi connectivity index (χ0n) is 14.8. The van der Waals surface area contributed by atoms with E-state index < -0.39 is 6.04 Å². The number of benzene rings is 1. The van der Waals surface area contributed by atoms with Crippen LogP contribution >= 0.6 is 15.9 Å². The Morgan fingerprint density at radius 3 is 2.85 bits per heavy atom. The molecule has 3 heterocycles. The van der Waals surface area contributed by atoms with Crippen molar-refractivity contribution >= 4 is 27.7 Å². The number of rotatable bonds is 5. The van der Waals surface area contributed by atoms with Crippen molar-refractivity contribution in [3.8, 4) is 11.5 Å². The molecule has 1 atom stereocenters. The number of carbonyl (C=O) groups is 2. The first-order valence-electron chi connectivity index (χ1n) is 8.68. The van der Waals surface area contributed by atoms with Gasteiger partial charge in [-0.3, -0.25) is 9.59 Å². The number of amides is 2. The van der Waals surface area contributed by atoms with E-state index in [1.165, 1.54) is 0 Å². The summed E-state index contributed by atoms with van der Waals surface area (Å²) >= 11 is 3.26. The van der Waals surface area contributed by atoms with Crippen molar-refractivity contribution in [2.45, 2.75) is 32.0 Å². The summed E-state index contributed by atoms with van der Waals surface area (Å²) in [6.45, 7) is 0.926. The number of likely N-dealkylation sites (N-methyl/N-ethyl adjacent to an activating group) is 1. The summed E-state index contributed by atoms with van der Waals surface area (Å²) in [5.74, 6) is 1.95. The van der Waals surface area contributed by atoms with Crippen molar-refractivity contribution in [1.82, 2.24) is 9.80 Å². The molecule has 2 aliphatic rings. The Kier molecular flexibility index (Phi) is 4.82. The number of fused-ring (bicyclic) bond motifs is 1. The van der Waals surface area contributed by atoms with Crippen LogP contribution in [0.1, 0.15) is 24.2 Å². The van der Waals surface area contributed by atoms with Crippen molar-refractivity contribution in [2.75, 3.05) is 13.8 Å². The van der Waals surface area contributed by atoms with Crippen LogP contribution in [0, 0.1) is 0 Å². The van der Waals surface area contributed by atoms with Crippen LogP contribution in [0.15, 0.2) is 39.4 Å². The molecule has 1 unspecified atom stereocenters. The summed E-state index contributed by atoms with van der Waals surface area (Å²) in [5, 5.41) is 0. The van der Waals surface area contributed by atoms with E-state index in [4.69, 9.17) is 13.9 Å². The van der Waals surface area contributed by atoms with Gasteiger partial charge < -0.3 is 23.7 Å². The normalized spacial score (nSPS) is 18.2. The van der Waals surface area contributed by atoms with Gasteiger partial charge in [-0.1, -0.05) is 6.07 Å². The van der Waals surface area contributed by atoms with Crippen LogP contribution in [0.25, 0.3) is 0 Å². The molecule has 0 spiro atoms. The third-order valence-electron chi connectivity index (χ3n) is 4.80. The van der Waals surface area contributed by atoms with E-state index in [1.807, 2.05) is 24.3 Å². The van der Waals surface area contributed by atoms with Crippen molar-refractivity contribution in [2.24, 2.45) is 0 Å². The maximum absolute atomic E-state index is 12.9. The average molecular weight is 435 g/mol. The van der Waals surface area contributed by atoms with Gasteiger partial charge >= 0.3 is 0 Å². The third kappa shape index (κ3) is 3.66. The predicted octanol–water partition coefficient (Wildman–Crippen LogP) is 2.92. The van der Waals surface area contributed by atoms with Crippen LogP contribution in [-0.4, -0.2) is 41.5 Å². The van der Waals surface area contributed by atoms with Gasteiger partial charge in [-0.2, -0.15) is 0 Å². The number of ether oxygens (including phenoxy) is 2. The summed E-state index contributed by atoms with van der Waals surface area (Å²) in [4.78, 5) is 28.6.